The van der Waals surface area contributed by atoms with Crippen molar-refractivity contribution in [3.05, 3.63) is 186 Å². The molecule has 0 amide bonds. The Kier molecular flexibility index (Phi) is 5.51. The lowest BCUT2D eigenvalue weighted by Gasteiger charge is -2.31. The Morgan fingerprint density at radius 2 is 0.889 bits per heavy atom. The molecule has 0 saturated heterocycles. The number of pyridine rings is 1. The summed E-state index contributed by atoms with van der Waals surface area (Å²) in [4.78, 5) is 4.16. The second kappa shape index (κ2) is 9.74. The van der Waals surface area contributed by atoms with E-state index in [1.807, 2.05) is 12.1 Å². The molecule has 2 aliphatic carbocycles. The topological polar surface area (TPSA) is 36.7 Å². The van der Waals surface area contributed by atoms with Crippen LogP contribution in [0.3, 0.4) is 0 Å². The van der Waals surface area contributed by atoms with E-state index in [9.17, 15) is 5.26 Å². The monoisotopic (exact) mass is 570 g/mol. The summed E-state index contributed by atoms with van der Waals surface area (Å²) < 4.78 is 0. The van der Waals surface area contributed by atoms with Crippen molar-refractivity contribution in [3.63, 3.8) is 0 Å². The molecule has 7 aromatic rings. The van der Waals surface area contributed by atoms with Crippen LogP contribution < -0.4 is 0 Å². The predicted octanol–water partition coefficient (Wildman–Crippen LogP) is 10.3. The van der Waals surface area contributed by atoms with Crippen molar-refractivity contribution in [2.75, 3.05) is 0 Å². The molecule has 2 aliphatic rings. The number of nitriles is 1. The highest BCUT2D eigenvalue weighted by molar-refractivity contribution is 5.97. The smallest absolute Gasteiger partial charge is 0.141 e. The molecule has 1 aromatic heterocycles. The van der Waals surface area contributed by atoms with Gasteiger partial charge in [0.1, 0.15) is 11.8 Å². The minimum absolute atomic E-state index is 0.420. The van der Waals surface area contributed by atoms with Gasteiger partial charge in [-0.1, -0.05) is 121 Å². The van der Waals surface area contributed by atoms with E-state index in [2.05, 4.69) is 151 Å². The third kappa shape index (κ3) is 3.65. The number of rotatable bonds is 3. The molecule has 0 radical (unpaired) electrons. The van der Waals surface area contributed by atoms with Crippen molar-refractivity contribution in [1.82, 2.24) is 4.98 Å². The van der Waals surface area contributed by atoms with Crippen LogP contribution >= 0.6 is 0 Å². The number of aromatic nitrogens is 1. The fourth-order valence-electron chi connectivity index (χ4n) is 7.68. The first-order chi connectivity index (χ1) is 22.3. The molecule has 0 N–H and O–H groups in total. The normalized spacial score (nSPS) is 13.0. The molecule has 0 atom stereocenters. The Balaban J connectivity index is 1.30. The van der Waals surface area contributed by atoms with Crippen LogP contribution in [-0.2, 0) is 5.41 Å². The molecule has 0 aliphatic heterocycles. The number of hydrogen-bond donors (Lipinski definition) is 0. The summed E-state index contributed by atoms with van der Waals surface area (Å²) in [6.45, 7) is 0. The summed E-state index contributed by atoms with van der Waals surface area (Å²) in [6, 6.07) is 57.2. The molecule has 2 heteroatoms. The molecule has 1 heterocycles. The zero-order valence-corrected chi connectivity index (χ0v) is 24.4. The van der Waals surface area contributed by atoms with E-state index in [0.29, 0.717) is 5.69 Å². The Bertz CT molecular complexity index is 2300. The molecule has 0 bridgehead atoms. The van der Waals surface area contributed by atoms with Crippen molar-refractivity contribution in [2.24, 2.45) is 0 Å². The second-order valence-corrected chi connectivity index (χ2v) is 11.9. The summed E-state index contributed by atoms with van der Waals surface area (Å²) >= 11 is 0. The van der Waals surface area contributed by atoms with Gasteiger partial charge in [-0.15, -0.1) is 0 Å². The van der Waals surface area contributed by atoms with Gasteiger partial charge >= 0.3 is 0 Å². The lowest BCUT2D eigenvalue weighted by molar-refractivity contribution is 0.794. The molecule has 1 spiro atoms. The van der Waals surface area contributed by atoms with Gasteiger partial charge in [0.15, 0.2) is 0 Å². The highest BCUT2D eigenvalue weighted by atomic mass is 14.7. The van der Waals surface area contributed by atoms with Crippen LogP contribution in [-0.4, -0.2) is 4.98 Å². The minimum atomic E-state index is -0.428. The first kappa shape index (κ1) is 25.5. The number of fused-ring (bicyclic) bond motifs is 10. The van der Waals surface area contributed by atoms with Gasteiger partial charge in [-0.05, 0) is 108 Å². The predicted molar refractivity (Wildman–Crippen MR) is 182 cm³/mol. The van der Waals surface area contributed by atoms with Gasteiger partial charge in [-0.25, -0.2) is 4.98 Å². The van der Waals surface area contributed by atoms with Gasteiger partial charge in [-0.3, -0.25) is 0 Å². The molecule has 45 heavy (non-hydrogen) atoms. The second-order valence-electron chi connectivity index (χ2n) is 11.9. The van der Waals surface area contributed by atoms with Crippen molar-refractivity contribution in [3.8, 4) is 61.7 Å². The van der Waals surface area contributed by atoms with E-state index in [4.69, 9.17) is 0 Å². The van der Waals surface area contributed by atoms with Crippen molar-refractivity contribution >= 4 is 0 Å². The molecular weight excluding hydrogens is 544 g/mol. The fraction of sp³-hybridized carbons (Fsp3) is 0.0233. The molecule has 9 rings (SSSR count). The summed E-state index contributed by atoms with van der Waals surface area (Å²) in [5.41, 5.74) is 17.3. The van der Waals surface area contributed by atoms with E-state index in [0.717, 1.165) is 16.7 Å². The molecule has 6 aromatic carbocycles. The van der Waals surface area contributed by atoms with E-state index in [1.54, 1.807) is 6.20 Å². The third-order valence-corrected chi connectivity index (χ3v) is 9.60. The summed E-state index contributed by atoms with van der Waals surface area (Å²) in [7, 11) is 0. The number of nitrogens with zero attached hydrogens (tertiary/aromatic N) is 2. The first-order valence-electron chi connectivity index (χ1n) is 15.3. The average molecular weight is 571 g/mol. The SMILES string of the molecule is N#Cc1cc(-c2cccc(-c3ccc4c(c3)C3(c5ccccc5-c5ccccc53)c3cc(-c5ccccc5)ccc3-4)c2)ccn1. The van der Waals surface area contributed by atoms with Crippen molar-refractivity contribution in [2.45, 2.75) is 5.41 Å². The Hall–Kier alpha value is -6.04. The van der Waals surface area contributed by atoms with Crippen LogP contribution in [0.2, 0.25) is 0 Å². The fourth-order valence-corrected chi connectivity index (χ4v) is 7.68. The van der Waals surface area contributed by atoms with Gasteiger partial charge in [0, 0.05) is 6.20 Å². The third-order valence-electron chi connectivity index (χ3n) is 9.60. The maximum absolute atomic E-state index is 9.42. The lowest BCUT2D eigenvalue weighted by Crippen LogP contribution is -2.26. The van der Waals surface area contributed by atoms with Crippen molar-refractivity contribution in [1.29, 1.82) is 5.26 Å². The maximum Gasteiger partial charge on any atom is 0.141 e. The summed E-state index contributed by atoms with van der Waals surface area (Å²) in [5.74, 6) is 0. The summed E-state index contributed by atoms with van der Waals surface area (Å²) in [6.07, 6.45) is 1.70. The van der Waals surface area contributed by atoms with Gasteiger partial charge in [0.05, 0.1) is 5.41 Å². The van der Waals surface area contributed by atoms with Crippen LogP contribution in [0.15, 0.2) is 158 Å². The summed E-state index contributed by atoms with van der Waals surface area (Å²) in [5, 5.41) is 9.42. The van der Waals surface area contributed by atoms with Gasteiger partial charge in [0.25, 0.3) is 0 Å². The Morgan fingerprint density at radius 3 is 1.51 bits per heavy atom. The standard InChI is InChI=1S/C43H26N2/c44-27-34-24-33(21-22-45-34)30-12-8-11-29(23-30)32-18-20-38-37-19-17-31(28-9-2-1-3-10-28)25-41(37)43(42(38)26-32)39-15-6-4-13-35(39)36-14-5-7-16-40(36)43/h1-26H. The largest absolute Gasteiger partial charge is 0.246 e. The maximum atomic E-state index is 9.42. The first-order valence-corrected chi connectivity index (χ1v) is 15.3. The van der Waals surface area contributed by atoms with Crippen LogP contribution in [0.1, 0.15) is 27.9 Å². The molecule has 0 unspecified atom stereocenters. The highest BCUT2D eigenvalue weighted by Gasteiger charge is 2.51. The van der Waals surface area contributed by atoms with E-state index in [-0.39, 0.29) is 0 Å². The number of hydrogen-bond acceptors (Lipinski definition) is 2. The zero-order chi connectivity index (χ0) is 30.0. The van der Waals surface area contributed by atoms with Crippen LogP contribution in [0.4, 0.5) is 0 Å². The van der Waals surface area contributed by atoms with Crippen LogP contribution in [0, 0.1) is 11.3 Å². The van der Waals surface area contributed by atoms with Crippen LogP contribution in [0.5, 0.6) is 0 Å². The molecule has 208 valence electrons. The quantitative estimate of drug-likeness (QED) is 0.212. The van der Waals surface area contributed by atoms with E-state index < -0.39 is 5.41 Å². The van der Waals surface area contributed by atoms with E-state index >= 15 is 0 Å². The Morgan fingerprint density at radius 1 is 0.400 bits per heavy atom. The molecular formula is C43H26N2. The van der Waals surface area contributed by atoms with Gasteiger partial charge < -0.3 is 0 Å². The molecule has 0 fully saturated rings. The number of benzene rings is 6. The average Bonchev–Trinajstić information content (AvgIpc) is 3.59. The van der Waals surface area contributed by atoms with Crippen molar-refractivity contribution < 1.29 is 0 Å². The molecule has 0 saturated carbocycles. The van der Waals surface area contributed by atoms with Crippen LogP contribution in [0.25, 0.3) is 55.6 Å². The van der Waals surface area contributed by atoms with Gasteiger partial charge in [0.2, 0.25) is 0 Å². The minimum Gasteiger partial charge on any atom is -0.246 e. The van der Waals surface area contributed by atoms with Gasteiger partial charge in [-0.2, -0.15) is 5.26 Å². The molecule has 2 nitrogen and oxygen atoms in total. The van der Waals surface area contributed by atoms with E-state index in [1.165, 1.54) is 61.2 Å². The highest BCUT2D eigenvalue weighted by Crippen LogP contribution is 2.63. The zero-order valence-electron chi connectivity index (χ0n) is 24.4. The lowest BCUT2D eigenvalue weighted by atomic mass is 9.70. The Labute approximate surface area is 262 Å².